The van der Waals surface area contributed by atoms with E-state index in [-0.39, 0.29) is 18.2 Å². The van der Waals surface area contributed by atoms with E-state index < -0.39 is 12.1 Å². The molecule has 2 aromatic carbocycles. The fourth-order valence-corrected chi connectivity index (χ4v) is 3.10. The molecule has 138 valence electrons. The fourth-order valence-electron chi connectivity index (χ4n) is 2.84. The van der Waals surface area contributed by atoms with E-state index in [1.54, 1.807) is 0 Å². The van der Waals surface area contributed by atoms with E-state index in [4.69, 9.17) is 5.73 Å². The summed E-state index contributed by atoms with van der Waals surface area (Å²) in [5.74, 6) is 0.136. The molecule has 26 heavy (non-hydrogen) atoms. The molecule has 0 unspecified atom stereocenters. The average Bonchev–Trinajstić information content (AvgIpc) is 2.63. The number of hydrogen-bond donors (Lipinski definition) is 3. The molecule has 4 N–H and O–H groups in total. The number of nitrogens with two attached hydrogens (primary N) is 1. The predicted octanol–water partition coefficient (Wildman–Crippen LogP) is 3.86. The molecule has 0 aliphatic rings. The topological polar surface area (TPSA) is 84.2 Å². The number of rotatable bonds is 8. The lowest BCUT2D eigenvalue weighted by atomic mass is 9.96. The summed E-state index contributed by atoms with van der Waals surface area (Å²) in [6.07, 6.45) is 1.07. The van der Waals surface area contributed by atoms with Crippen molar-refractivity contribution in [1.29, 1.82) is 0 Å². The van der Waals surface area contributed by atoms with Crippen molar-refractivity contribution in [2.24, 2.45) is 5.73 Å². The third kappa shape index (κ3) is 6.19. The fraction of sp³-hybridized carbons (Fsp3) is 0.300. The lowest BCUT2D eigenvalue weighted by molar-refractivity contribution is -0.121. The van der Waals surface area contributed by atoms with Gasteiger partial charge < -0.3 is 16.4 Å². The number of halogens is 1. The first-order chi connectivity index (χ1) is 12.5. The van der Waals surface area contributed by atoms with Crippen LogP contribution in [0.2, 0.25) is 0 Å². The molecule has 0 saturated heterocycles. The Morgan fingerprint density at radius 3 is 2.27 bits per heavy atom. The van der Waals surface area contributed by atoms with Gasteiger partial charge in [0, 0.05) is 16.9 Å². The average molecular weight is 418 g/mol. The van der Waals surface area contributed by atoms with E-state index in [1.807, 2.05) is 42.5 Å². The monoisotopic (exact) mass is 417 g/mol. The molecule has 0 aliphatic heterocycles. The number of primary amides is 1. The quantitative estimate of drug-likeness (QED) is 0.608. The maximum atomic E-state index is 12.4. The standard InChI is InChI=1S/C20H24BrN3O2/c1-2-14(15-6-4-3-5-7-15)13-23-19(25)12-18(24-20(22)26)16-8-10-17(21)11-9-16/h3-11,14,18H,2,12-13H2,1H3,(H,23,25)(H3,22,24,26)/t14-,18+/m1/s1. The number of carbonyl (C=O) groups excluding carboxylic acids is 2. The van der Waals surface area contributed by atoms with Crippen LogP contribution in [0.5, 0.6) is 0 Å². The Kier molecular flexibility index (Phi) is 7.66. The minimum atomic E-state index is -0.651. The first kappa shape index (κ1) is 20.0. The zero-order chi connectivity index (χ0) is 18.9. The Labute approximate surface area is 162 Å². The molecule has 0 radical (unpaired) electrons. The van der Waals surface area contributed by atoms with E-state index in [9.17, 15) is 9.59 Å². The maximum Gasteiger partial charge on any atom is 0.312 e. The van der Waals surface area contributed by atoms with Crippen molar-refractivity contribution < 1.29 is 9.59 Å². The van der Waals surface area contributed by atoms with Gasteiger partial charge in [0.1, 0.15) is 0 Å². The van der Waals surface area contributed by atoms with Crippen molar-refractivity contribution in [2.45, 2.75) is 31.7 Å². The van der Waals surface area contributed by atoms with Gasteiger partial charge in [-0.25, -0.2) is 4.79 Å². The van der Waals surface area contributed by atoms with Gasteiger partial charge in [-0.2, -0.15) is 0 Å². The van der Waals surface area contributed by atoms with Gasteiger partial charge in [-0.15, -0.1) is 0 Å². The number of urea groups is 1. The van der Waals surface area contributed by atoms with Crippen molar-refractivity contribution in [3.8, 4) is 0 Å². The highest BCUT2D eigenvalue weighted by atomic mass is 79.9. The van der Waals surface area contributed by atoms with Gasteiger partial charge in [-0.3, -0.25) is 4.79 Å². The van der Waals surface area contributed by atoms with Crippen LogP contribution in [-0.4, -0.2) is 18.5 Å². The van der Waals surface area contributed by atoms with Gasteiger partial charge in [0.25, 0.3) is 0 Å². The zero-order valence-electron chi connectivity index (χ0n) is 14.7. The highest BCUT2D eigenvalue weighted by Gasteiger charge is 2.18. The van der Waals surface area contributed by atoms with Crippen LogP contribution in [0.25, 0.3) is 0 Å². The Balaban J connectivity index is 1.98. The van der Waals surface area contributed by atoms with Crippen LogP contribution < -0.4 is 16.4 Å². The van der Waals surface area contributed by atoms with Crippen LogP contribution in [0.4, 0.5) is 4.79 Å². The first-order valence-corrected chi connectivity index (χ1v) is 9.42. The summed E-state index contributed by atoms with van der Waals surface area (Å²) in [7, 11) is 0. The number of nitrogens with one attached hydrogen (secondary N) is 2. The second-order valence-corrected chi connectivity index (χ2v) is 7.05. The zero-order valence-corrected chi connectivity index (χ0v) is 16.3. The van der Waals surface area contributed by atoms with Crippen molar-refractivity contribution in [3.63, 3.8) is 0 Å². The first-order valence-electron chi connectivity index (χ1n) is 8.62. The Bertz CT molecular complexity index is 720. The molecule has 5 nitrogen and oxygen atoms in total. The molecule has 0 aliphatic carbocycles. The third-order valence-corrected chi connectivity index (χ3v) is 4.82. The number of amides is 3. The Morgan fingerprint density at radius 2 is 1.69 bits per heavy atom. The smallest absolute Gasteiger partial charge is 0.312 e. The van der Waals surface area contributed by atoms with Crippen molar-refractivity contribution in [3.05, 3.63) is 70.2 Å². The second-order valence-electron chi connectivity index (χ2n) is 6.14. The molecule has 6 heteroatoms. The molecule has 0 spiro atoms. The molecule has 0 saturated carbocycles. The number of hydrogen-bond acceptors (Lipinski definition) is 2. The van der Waals surface area contributed by atoms with Gasteiger partial charge in [0.2, 0.25) is 5.91 Å². The van der Waals surface area contributed by atoms with Crippen molar-refractivity contribution in [1.82, 2.24) is 10.6 Å². The van der Waals surface area contributed by atoms with Gasteiger partial charge in [0.05, 0.1) is 12.5 Å². The highest BCUT2D eigenvalue weighted by molar-refractivity contribution is 9.10. The lowest BCUT2D eigenvalue weighted by Crippen LogP contribution is -2.37. The summed E-state index contributed by atoms with van der Waals surface area (Å²) in [4.78, 5) is 23.7. The normalized spacial score (nSPS) is 12.8. The molecule has 0 heterocycles. The predicted molar refractivity (Wildman–Crippen MR) is 107 cm³/mol. The summed E-state index contributed by atoms with van der Waals surface area (Å²) in [6, 6.07) is 16.5. The Hall–Kier alpha value is -2.34. The summed E-state index contributed by atoms with van der Waals surface area (Å²) in [5, 5.41) is 5.62. The van der Waals surface area contributed by atoms with Crippen LogP contribution in [0.1, 0.15) is 42.9 Å². The van der Waals surface area contributed by atoms with E-state index >= 15 is 0 Å². The summed E-state index contributed by atoms with van der Waals surface area (Å²) < 4.78 is 0.928. The van der Waals surface area contributed by atoms with Gasteiger partial charge in [-0.05, 0) is 29.7 Å². The molecule has 3 amide bonds. The minimum absolute atomic E-state index is 0.124. The molecule has 2 aromatic rings. The van der Waals surface area contributed by atoms with Crippen LogP contribution in [0.15, 0.2) is 59.1 Å². The molecule has 0 bridgehead atoms. The summed E-state index contributed by atoms with van der Waals surface area (Å²) in [5.41, 5.74) is 7.30. The van der Waals surface area contributed by atoms with Gasteiger partial charge in [0.15, 0.2) is 0 Å². The molecule has 2 atom stereocenters. The molecule has 2 rings (SSSR count). The molecular formula is C20H24BrN3O2. The molecule has 0 fully saturated rings. The van der Waals surface area contributed by atoms with E-state index in [1.165, 1.54) is 5.56 Å². The largest absolute Gasteiger partial charge is 0.355 e. The third-order valence-electron chi connectivity index (χ3n) is 4.29. The van der Waals surface area contributed by atoms with Gasteiger partial charge >= 0.3 is 6.03 Å². The second kappa shape index (κ2) is 9.97. The number of benzene rings is 2. The Morgan fingerprint density at radius 1 is 1.04 bits per heavy atom. The van der Waals surface area contributed by atoms with Crippen molar-refractivity contribution >= 4 is 27.9 Å². The van der Waals surface area contributed by atoms with E-state index in [0.717, 1.165) is 16.5 Å². The van der Waals surface area contributed by atoms with Crippen LogP contribution >= 0.6 is 15.9 Å². The van der Waals surface area contributed by atoms with Gasteiger partial charge in [-0.1, -0.05) is 65.3 Å². The van der Waals surface area contributed by atoms with Crippen LogP contribution in [-0.2, 0) is 4.79 Å². The SMILES string of the molecule is CC[C@H](CNC(=O)C[C@H](NC(N)=O)c1ccc(Br)cc1)c1ccccc1. The van der Waals surface area contributed by atoms with Crippen LogP contribution in [0, 0.1) is 0 Å². The highest BCUT2D eigenvalue weighted by Crippen LogP contribution is 2.21. The molecule has 0 aromatic heterocycles. The van der Waals surface area contributed by atoms with E-state index in [2.05, 4.69) is 45.6 Å². The molecular weight excluding hydrogens is 394 g/mol. The maximum absolute atomic E-state index is 12.4. The number of carbonyl (C=O) groups is 2. The summed E-state index contributed by atoms with van der Waals surface area (Å²) >= 11 is 3.38. The lowest BCUT2D eigenvalue weighted by Gasteiger charge is -2.20. The van der Waals surface area contributed by atoms with Crippen LogP contribution in [0.3, 0.4) is 0 Å². The van der Waals surface area contributed by atoms with E-state index in [0.29, 0.717) is 6.54 Å². The minimum Gasteiger partial charge on any atom is -0.355 e. The van der Waals surface area contributed by atoms with Crippen molar-refractivity contribution in [2.75, 3.05) is 6.54 Å². The summed E-state index contributed by atoms with van der Waals surface area (Å²) in [6.45, 7) is 2.66.